The molecule has 4 N–H and O–H groups in total. The van der Waals surface area contributed by atoms with Crippen LogP contribution in [0.4, 0.5) is 5.69 Å². The average molecular weight is 263 g/mol. The van der Waals surface area contributed by atoms with Crippen molar-refractivity contribution in [2.75, 3.05) is 26.2 Å². The molecule has 0 saturated heterocycles. The summed E-state index contributed by atoms with van der Waals surface area (Å²) < 4.78 is 4.39. The molecule has 0 aromatic heterocycles. The van der Waals surface area contributed by atoms with Crippen LogP contribution in [0.3, 0.4) is 0 Å². The first kappa shape index (κ1) is 21.5. The third-order valence-corrected chi connectivity index (χ3v) is 1.44. The molecular formula is C12H25NO3S. The highest BCUT2D eigenvalue weighted by atomic mass is 32.1. The van der Waals surface area contributed by atoms with Gasteiger partial charge in [0.15, 0.2) is 0 Å². The predicted octanol–water partition coefficient (Wildman–Crippen LogP) is 2.16. The summed E-state index contributed by atoms with van der Waals surface area (Å²) in [6.45, 7) is 6.27. The van der Waals surface area contributed by atoms with Gasteiger partial charge in [0.25, 0.3) is 0 Å². The highest BCUT2D eigenvalue weighted by Crippen LogP contribution is 2.08. The van der Waals surface area contributed by atoms with E-state index >= 15 is 0 Å². The third kappa shape index (κ3) is 21.2. The van der Waals surface area contributed by atoms with Crippen molar-refractivity contribution in [2.24, 2.45) is 0 Å². The van der Waals surface area contributed by atoms with Crippen molar-refractivity contribution in [3.05, 3.63) is 24.3 Å². The van der Waals surface area contributed by atoms with Gasteiger partial charge in [-0.25, -0.2) is 0 Å². The van der Waals surface area contributed by atoms with Crippen molar-refractivity contribution in [3.63, 3.8) is 0 Å². The van der Waals surface area contributed by atoms with Crippen molar-refractivity contribution in [2.45, 2.75) is 25.7 Å². The maximum Gasteiger partial charge on any atom is 0.143 e. The van der Waals surface area contributed by atoms with Gasteiger partial charge < -0.3 is 20.7 Å². The maximum atomic E-state index is 7.84. The number of nitrogen functional groups attached to an aromatic ring is 1. The number of anilines is 1. The van der Waals surface area contributed by atoms with E-state index in [0.29, 0.717) is 6.61 Å². The topological polar surface area (TPSA) is 75.7 Å². The molecule has 0 heterocycles. The van der Waals surface area contributed by atoms with Crippen molar-refractivity contribution >= 4 is 18.3 Å². The third-order valence-electron chi connectivity index (χ3n) is 1.17. The number of rotatable bonds is 2. The Bertz CT molecular complexity index is 215. The molecule has 0 unspecified atom stereocenters. The quantitative estimate of drug-likeness (QED) is 0.375. The van der Waals surface area contributed by atoms with Crippen LogP contribution in [-0.4, -0.2) is 30.7 Å². The van der Waals surface area contributed by atoms with Crippen LogP contribution in [0.1, 0.15) is 20.8 Å². The monoisotopic (exact) mass is 263 g/mol. The van der Waals surface area contributed by atoms with Gasteiger partial charge in [-0.3, -0.25) is 0 Å². The van der Waals surface area contributed by atoms with Crippen LogP contribution >= 0.6 is 12.6 Å². The highest BCUT2D eigenvalue weighted by Gasteiger charge is 1.82. The fourth-order valence-electron chi connectivity index (χ4n) is 0.616. The summed E-state index contributed by atoms with van der Waals surface area (Å²) in [6.07, 6.45) is 0. The second kappa shape index (κ2) is 20.6. The molecule has 102 valence electrons. The Morgan fingerprint density at radius 3 is 2.00 bits per heavy atom. The van der Waals surface area contributed by atoms with E-state index in [1.165, 1.54) is 0 Å². The van der Waals surface area contributed by atoms with Gasteiger partial charge in [0, 0.05) is 24.3 Å². The van der Waals surface area contributed by atoms with Gasteiger partial charge in [-0.05, 0) is 25.1 Å². The van der Waals surface area contributed by atoms with E-state index in [1.807, 2.05) is 45.0 Å². The lowest BCUT2D eigenvalue weighted by molar-refractivity contribution is 0.00540. The van der Waals surface area contributed by atoms with E-state index in [1.54, 1.807) is 0 Å². The van der Waals surface area contributed by atoms with E-state index in [9.17, 15) is 0 Å². The van der Waals surface area contributed by atoms with Crippen molar-refractivity contribution in [3.8, 4) is 0 Å². The molecule has 1 aromatic rings. The van der Waals surface area contributed by atoms with Crippen molar-refractivity contribution in [1.82, 2.24) is 0 Å². The first-order chi connectivity index (χ1) is 8.20. The van der Waals surface area contributed by atoms with Crippen LogP contribution < -0.4 is 5.73 Å². The molecule has 0 aliphatic rings. The van der Waals surface area contributed by atoms with E-state index in [-0.39, 0.29) is 6.79 Å². The van der Waals surface area contributed by atoms with Gasteiger partial charge in [-0.15, -0.1) is 12.6 Å². The molecule has 1 aromatic carbocycles. The summed E-state index contributed by atoms with van der Waals surface area (Å²) in [5.41, 5.74) is 6.17. The van der Waals surface area contributed by atoms with Gasteiger partial charge in [-0.1, -0.05) is 19.9 Å². The average Bonchev–Trinajstić information content (AvgIpc) is 2.36. The smallest absolute Gasteiger partial charge is 0.143 e. The van der Waals surface area contributed by atoms with Crippen molar-refractivity contribution < 1.29 is 14.9 Å². The zero-order valence-corrected chi connectivity index (χ0v) is 11.9. The lowest BCUT2D eigenvalue weighted by Gasteiger charge is -1.90. The Morgan fingerprint density at radius 1 is 1.29 bits per heavy atom. The summed E-state index contributed by atoms with van der Waals surface area (Å²) in [4.78, 5) is 0.907. The van der Waals surface area contributed by atoms with E-state index in [2.05, 4.69) is 17.4 Å². The minimum absolute atomic E-state index is 0.156. The van der Waals surface area contributed by atoms with E-state index < -0.39 is 0 Å². The molecule has 0 bridgehead atoms. The molecule has 4 nitrogen and oxygen atoms in total. The number of hydrogen-bond donors (Lipinski definition) is 4. The first-order valence-corrected chi connectivity index (χ1v) is 5.83. The van der Waals surface area contributed by atoms with Crippen LogP contribution in [-0.2, 0) is 4.74 Å². The Balaban J connectivity index is -0.000000190. The molecular weight excluding hydrogens is 238 g/mol. The number of ether oxygens (including phenoxy) is 1. The number of hydrogen-bond acceptors (Lipinski definition) is 5. The molecule has 0 saturated carbocycles. The summed E-state index contributed by atoms with van der Waals surface area (Å²) in [7, 11) is 1.00. The SMILES string of the molecule is CC.CCOCO.CO.Nc1cccc(S)c1. The lowest BCUT2D eigenvalue weighted by Crippen LogP contribution is -1.88. The first-order valence-electron chi connectivity index (χ1n) is 5.38. The predicted molar refractivity (Wildman–Crippen MR) is 76.3 cm³/mol. The van der Waals surface area contributed by atoms with Crippen LogP contribution in [0.5, 0.6) is 0 Å². The summed E-state index contributed by atoms with van der Waals surface area (Å²) >= 11 is 4.07. The van der Waals surface area contributed by atoms with Gasteiger partial charge in [0.1, 0.15) is 6.79 Å². The highest BCUT2D eigenvalue weighted by molar-refractivity contribution is 7.80. The number of benzene rings is 1. The zero-order valence-electron chi connectivity index (χ0n) is 11.1. The van der Waals surface area contributed by atoms with Gasteiger partial charge >= 0.3 is 0 Å². The Labute approximate surface area is 110 Å². The molecule has 0 aliphatic heterocycles. The molecule has 5 heteroatoms. The number of thiol groups is 1. The number of nitrogens with two attached hydrogens (primary N) is 1. The standard InChI is InChI=1S/C6H7NS.C3H8O2.C2H6.CH4O/c7-5-2-1-3-6(8)4-5;1-2-5-3-4;2*1-2/h1-4,8H,7H2;4H,2-3H2,1H3;1-2H3;2H,1H3. The molecule has 17 heavy (non-hydrogen) atoms. The lowest BCUT2D eigenvalue weighted by atomic mass is 10.3. The number of aliphatic hydroxyl groups excluding tert-OH is 2. The van der Waals surface area contributed by atoms with E-state index in [0.717, 1.165) is 17.7 Å². The summed E-state index contributed by atoms with van der Waals surface area (Å²) in [6, 6.07) is 7.40. The van der Waals surface area contributed by atoms with Gasteiger partial charge in [0.2, 0.25) is 0 Å². The second-order valence-corrected chi connectivity index (χ2v) is 2.73. The van der Waals surface area contributed by atoms with Crippen molar-refractivity contribution in [1.29, 1.82) is 0 Å². The Hall–Kier alpha value is -0.750. The van der Waals surface area contributed by atoms with Crippen LogP contribution in [0, 0.1) is 0 Å². The largest absolute Gasteiger partial charge is 0.400 e. The minimum atomic E-state index is -0.156. The molecule has 0 atom stereocenters. The van der Waals surface area contributed by atoms with Crippen LogP contribution in [0.25, 0.3) is 0 Å². The van der Waals surface area contributed by atoms with Gasteiger partial charge in [-0.2, -0.15) is 0 Å². The Morgan fingerprint density at radius 2 is 1.82 bits per heavy atom. The molecule has 0 aliphatic carbocycles. The Kier molecular flexibility index (Phi) is 26.1. The van der Waals surface area contributed by atoms with E-state index in [4.69, 9.17) is 15.9 Å². The molecule has 0 radical (unpaired) electrons. The molecule has 1 rings (SSSR count). The second-order valence-electron chi connectivity index (χ2n) is 2.22. The van der Waals surface area contributed by atoms with Crippen LogP contribution in [0.2, 0.25) is 0 Å². The van der Waals surface area contributed by atoms with Gasteiger partial charge in [0.05, 0.1) is 0 Å². The fourth-order valence-corrected chi connectivity index (χ4v) is 0.851. The zero-order chi connectivity index (χ0) is 14.1. The maximum absolute atomic E-state index is 7.84. The number of aliphatic hydroxyl groups is 2. The summed E-state index contributed by atoms with van der Waals surface area (Å²) in [5, 5.41) is 14.8. The molecule has 0 amide bonds. The minimum Gasteiger partial charge on any atom is -0.400 e. The summed E-state index contributed by atoms with van der Waals surface area (Å²) in [5.74, 6) is 0. The fraction of sp³-hybridized carbons (Fsp3) is 0.500. The molecule has 0 fully saturated rings. The molecule has 0 spiro atoms. The normalized spacial score (nSPS) is 7.47. The van der Waals surface area contributed by atoms with Crippen LogP contribution in [0.15, 0.2) is 29.2 Å².